The van der Waals surface area contributed by atoms with Crippen molar-refractivity contribution in [3.8, 4) is 5.75 Å². The molecule has 1 saturated heterocycles. The van der Waals surface area contributed by atoms with Crippen molar-refractivity contribution in [2.24, 2.45) is 0 Å². The second kappa shape index (κ2) is 9.54. The van der Waals surface area contributed by atoms with Crippen molar-refractivity contribution >= 4 is 29.2 Å². The maximum atomic E-state index is 12.0. The average molecular weight is 383 g/mol. The normalized spacial score (nSPS) is 14.8. The van der Waals surface area contributed by atoms with Crippen LogP contribution in [0, 0.1) is 0 Å². The highest BCUT2D eigenvalue weighted by molar-refractivity contribution is 6.35. The Labute approximate surface area is 157 Å². The number of carbonyl (C=O) groups is 3. The second-order valence-electron chi connectivity index (χ2n) is 6.06. The number of ketones is 1. The van der Waals surface area contributed by atoms with Gasteiger partial charge in [-0.05, 0) is 18.2 Å². The number of hydrogen-bond donors (Lipinski definition) is 1. The van der Waals surface area contributed by atoms with Gasteiger partial charge in [0.2, 0.25) is 5.78 Å². The molecular formula is C18H23ClN2O5. The van der Waals surface area contributed by atoms with Gasteiger partial charge in [-0.1, -0.05) is 11.6 Å². The predicted molar refractivity (Wildman–Crippen MR) is 96.6 cm³/mol. The molecule has 1 heterocycles. The standard InChI is InChI=1S/C18H23ClN2O5/c1-12(22)18(24)21-8-5-14(6-9-21)26-16-4-3-13(11-15(16)19)17(23)20-7-10-25-2/h3-4,11,14H,5-10H2,1-2H3,(H,20,23). The summed E-state index contributed by atoms with van der Waals surface area (Å²) in [5, 5.41) is 3.08. The van der Waals surface area contributed by atoms with Gasteiger partial charge in [-0.25, -0.2) is 0 Å². The molecule has 1 aliphatic rings. The molecule has 142 valence electrons. The minimum absolute atomic E-state index is 0.0927. The van der Waals surface area contributed by atoms with Crippen LogP contribution in [-0.4, -0.2) is 62.0 Å². The lowest BCUT2D eigenvalue weighted by molar-refractivity contribution is -0.144. The number of benzene rings is 1. The topological polar surface area (TPSA) is 84.9 Å². The van der Waals surface area contributed by atoms with Crippen LogP contribution in [0.3, 0.4) is 0 Å². The molecule has 0 aromatic heterocycles. The Balaban J connectivity index is 1.90. The minimum Gasteiger partial charge on any atom is -0.489 e. The first-order valence-corrected chi connectivity index (χ1v) is 8.83. The van der Waals surface area contributed by atoms with E-state index in [2.05, 4.69) is 5.32 Å². The Morgan fingerprint density at radius 1 is 1.27 bits per heavy atom. The highest BCUT2D eigenvalue weighted by Crippen LogP contribution is 2.28. The van der Waals surface area contributed by atoms with Crippen molar-refractivity contribution in [3.63, 3.8) is 0 Å². The maximum absolute atomic E-state index is 12.0. The number of methoxy groups -OCH3 is 1. The molecule has 0 bridgehead atoms. The SMILES string of the molecule is COCCNC(=O)c1ccc(OC2CCN(C(=O)C(C)=O)CC2)c(Cl)c1. The Morgan fingerprint density at radius 3 is 2.54 bits per heavy atom. The third-order valence-electron chi connectivity index (χ3n) is 4.11. The van der Waals surface area contributed by atoms with E-state index in [1.165, 1.54) is 11.8 Å². The number of piperidine rings is 1. The predicted octanol–water partition coefficient (Wildman–Crippen LogP) is 1.67. The number of nitrogens with one attached hydrogen (secondary N) is 1. The molecule has 7 nitrogen and oxygen atoms in total. The van der Waals surface area contributed by atoms with Gasteiger partial charge in [0.15, 0.2) is 0 Å². The van der Waals surface area contributed by atoms with Crippen molar-refractivity contribution in [1.82, 2.24) is 10.2 Å². The number of likely N-dealkylation sites (tertiary alicyclic amines) is 1. The molecule has 2 rings (SSSR count). The number of hydrogen-bond acceptors (Lipinski definition) is 5. The highest BCUT2D eigenvalue weighted by Gasteiger charge is 2.26. The van der Waals surface area contributed by atoms with Crippen LogP contribution in [0.25, 0.3) is 0 Å². The van der Waals surface area contributed by atoms with Gasteiger partial charge in [0.25, 0.3) is 11.8 Å². The first-order valence-electron chi connectivity index (χ1n) is 8.45. The number of Topliss-reactive ketones (excluding diaryl/α,β-unsaturated/α-hetero) is 1. The lowest BCUT2D eigenvalue weighted by Gasteiger charge is -2.31. The molecule has 1 aromatic rings. The molecule has 0 unspecified atom stereocenters. The largest absolute Gasteiger partial charge is 0.489 e. The molecule has 2 amide bonds. The van der Waals surface area contributed by atoms with Crippen molar-refractivity contribution in [2.75, 3.05) is 33.4 Å². The van der Waals surface area contributed by atoms with E-state index < -0.39 is 11.7 Å². The number of amides is 2. The van der Waals surface area contributed by atoms with Crippen molar-refractivity contribution in [3.05, 3.63) is 28.8 Å². The van der Waals surface area contributed by atoms with E-state index in [0.717, 1.165) is 0 Å². The molecule has 0 atom stereocenters. The Hall–Kier alpha value is -2.12. The summed E-state index contributed by atoms with van der Waals surface area (Å²) in [6.45, 7) is 3.08. The van der Waals surface area contributed by atoms with Crippen LogP contribution in [0.2, 0.25) is 5.02 Å². The molecule has 0 saturated carbocycles. The summed E-state index contributed by atoms with van der Waals surface area (Å²) in [6, 6.07) is 4.88. The third kappa shape index (κ3) is 5.44. The van der Waals surface area contributed by atoms with E-state index >= 15 is 0 Å². The van der Waals surface area contributed by atoms with Crippen LogP contribution in [0.1, 0.15) is 30.1 Å². The van der Waals surface area contributed by atoms with Crippen LogP contribution in [-0.2, 0) is 14.3 Å². The van der Waals surface area contributed by atoms with E-state index in [4.69, 9.17) is 21.1 Å². The van der Waals surface area contributed by atoms with E-state index in [1.54, 1.807) is 25.3 Å². The van der Waals surface area contributed by atoms with Crippen LogP contribution in [0.15, 0.2) is 18.2 Å². The van der Waals surface area contributed by atoms with Gasteiger partial charge in [-0.15, -0.1) is 0 Å². The third-order valence-corrected chi connectivity index (χ3v) is 4.41. The molecule has 8 heteroatoms. The highest BCUT2D eigenvalue weighted by atomic mass is 35.5. The van der Waals surface area contributed by atoms with Crippen LogP contribution < -0.4 is 10.1 Å². The number of nitrogens with zero attached hydrogens (tertiary/aromatic N) is 1. The molecule has 0 aliphatic carbocycles. The van der Waals surface area contributed by atoms with Crippen molar-refractivity contribution < 1.29 is 23.9 Å². The van der Waals surface area contributed by atoms with Crippen LogP contribution in [0.4, 0.5) is 0 Å². The first kappa shape index (κ1) is 20.2. The van der Waals surface area contributed by atoms with E-state index in [-0.39, 0.29) is 12.0 Å². The fraction of sp³-hybridized carbons (Fsp3) is 0.500. The van der Waals surface area contributed by atoms with Crippen LogP contribution in [0.5, 0.6) is 5.75 Å². The summed E-state index contributed by atoms with van der Waals surface area (Å²) in [4.78, 5) is 36.4. The molecule has 0 radical (unpaired) electrons. The number of halogens is 1. The molecule has 1 fully saturated rings. The quantitative estimate of drug-likeness (QED) is 0.572. The lowest BCUT2D eigenvalue weighted by Crippen LogP contribution is -2.44. The number of rotatable bonds is 7. The van der Waals surface area contributed by atoms with E-state index in [0.29, 0.717) is 55.4 Å². The zero-order valence-electron chi connectivity index (χ0n) is 14.9. The Kier molecular flexibility index (Phi) is 7.41. The van der Waals surface area contributed by atoms with Gasteiger partial charge < -0.3 is 19.7 Å². The van der Waals surface area contributed by atoms with Crippen molar-refractivity contribution in [1.29, 1.82) is 0 Å². The minimum atomic E-state index is -0.453. The van der Waals surface area contributed by atoms with Gasteiger partial charge in [0, 0.05) is 52.1 Å². The van der Waals surface area contributed by atoms with E-state index in [9.17, 15) is 14.4 Å². The molecule has 1 aliphatic heterocycles. The summed E-state index contributed by atoms with van der Waals surface area (Å²) in [5.74, 6) is -0.639. The zero-order chi connectivity index (χ0) is 19.1. The fourth-order valence-electron chi connectivity index (χ4n) is 2.69. The molecule has 1 N–H and O–H groups in total. The summed E-state index contributed by atoms with van der Waals surface area (Å²) < 4.78 is 10.8. The van der Waals surface area contributed by atoms with Gasteiger partial charge in [0.05, 0.1) is 11.6 Å². The van der Waals surface area contributed by atoms with Gasteiger partial charge >= 0.3 is 0 Å². The number of carbonyl (C=O) groups excluding carboxylic acids is 3. The first-order chi connectivity index (χ1) is 12.4. The molecular weight excluding hydrogens is 360 g/mol. The summed E-state index contributed by atoms with van der Waals surface area (Å²) >= 11 is 6.24. The Morgan fingerprint density at radius 2 is 1.96 bits per heavy atom. The lowest BCUT2D eigenvalue weighted by atomic mass is 10.1. The summed E-state index contributed by atoms with van der Waals surface area (Å²) in [6.07, 6.45) is 1.15. The molecule has 1 aromatic carbocycles. The number of ether oxygens (including phenoxy) is 2. The van der Waals surface area contributed by atoms with E-state index in [1.807, 2.05) is 0 Å². The second-order valence-corrected chi connectivity index (χ2v) is 6.47. The summed E-state index contributed by atoms with van der Waals surface area (Å²) in [5.41, 5.74) is 0.445. The smallest absolute Gasteiger partial charge is 0.289 e. The Bertz CT molecular complexity index is 672. The maximum Gasteiger partial charge on any atom is 0.289 e. The van der Waals surface area contributed by atoms with Gasteiger partial charge in [-0.3, -0.25) is 14.4 Å². The fourth-order valence-corrected chi connectivity index (χ4v) is 2.91. The monoisotopic (exact) mass is 382 g/mol. The van der Waals surface area contributed by atoms with Gasteiger partial charge in [0.1, 0.15) is 11.9 Å². The molecule has 26 heavy (non-hydrogen) atoms. The molecule has 0 spiro atoms. The van der Waals surface area contributed by atoms with Crippen LogP contribution >= 0.6 is 11.6 Å². The van der Waals surface area contributed by atoms with Crippen molar-refractivity contribution in [2.45, 2.75) is 25.9 Å². The summed E-state index contributed by atoms with van der Waals surface area (Å²) in [7, 11) is 1.57. The van der Waals surface area contributed by atoms with Gasteiger partial charge in [-0.2, -0.15) is 0 Å². The zero-order valence-corrected chi connectivity index (χ0v) is 15.7. The average Bonchev–Trinajstić information content (AvgIpc) is 2.63.